The SMILES string of the molecule is COC(CN)c1ncc(F)cn1. The maximum Gasteiger partial charge on any atom is 0.159 e. The van der Waals surface area contributed by atoms with Gasteiger partial charge >= 0.3 is 0 Å². The number of nitrogens with two attached hydrogens (primary N) is 1. The zero-order valence-corrected chi connectivity index (χ0v) is 6.70. The maximum atomic E-state index is 12.4. The van der Waals surface area contributed by atoms with Crippen molar-refractivity contribution in [2.75, 3.05) is 13.7 Å². The van der Waals surface area contributed by atoms with Gasteiger partial charge in [0.15, 0.2) is 11.6 Å². The lowest BCUT2D eigenvalue weighted by atomic mass is 10.3. The van der Waals surface area contributed by atoms with Gasteiger partial charge in [-0.1, -0.05) is 0 Å². The molecule has 0 radical (unpaired) electrons. The Kier molecular flexibility index (Phi) is 3.07. The molecule has 0 spiro atoms. The van der Waals surface area contributed by atoms with Gasteiger partial charge in [0.25, 0.3) is 0 Å². The molecule has 0 saturated carbocycles. The first-order valence-corrected chi connectivity index (χ1v) is 3.48. The number of nitrogens with zero attached hydrogens (tertiary/aromatic N) is 2. The van der Waals surface area contributed by atoms with E-state index in [4.69, 9.17) is 10.5 Å². The fourth-order valence-electron chi connectivity index (χ4n) is 0.796. The number of methoxy groups -OCH3 is 1. The molecule has 4 nitrogen and oxygen atoms in total. The van der Waals surface area contributed by atoms with Crippen molar-refractivity contribution in [1.82, 2.24) is 9.97 Å². The van der Waals surface area contributed by atoms with E-state index in [1.54, 1.807) is 0 Å². The summed E-state index contributed by atoms with van der Waals surface area (Å²) in [5, 5.41) is 0. The van der Waals surface area contributed by atoms with Gasteiger partial charge in [-0.25, -0.2) is 14.4 Å². The zero-order valence-electron chi connectivity index (χ0n) is 6.70. The van der Waals surface area contributed by atoms with Crippen LogP contribution in [0.2, 0.25) is 0 Å². The van der Waals surface area contributed by atoms with Crippen molar-refractivity contribution in [3.05, 3.63) is 24.0 Å². The molecule has 1 heterocycles. The second kappa shape index (κ2) is 4.08. The summed E-state index contributed by atoms with van der Waals surface area (Å²) in [5.41, 5.74) is 5.35. The zero-order chi connectivity index (χ0) is 8.97. The van der Waals surface area contributed by atoms with E-state index in [9.17, 15) is 4.39 Å². The first kappa shape index (κ1) is 9.02. The third kappa shape index (κ3) is 1.96. The topological polar surface area (TPSA) is 61.0 Å². The number of rotatable bonds is 3. The lowest BCUT2D eigenvalue weighted by Crippen LogP contribution is -2.16. The Morgan fingerprint density at radius 3 is 2.58 bits per heavy atom. The first-order chi connectivity index (χ1) is 5.77. The van der Waals surface area contributed by atoms with Crippen molar-refractivity contribution in [3.63, 3.8) is 0 Å². The molecule has 0 aliphatic heterocycles. The van der Waals surface area contributed by atoms with Crippen molar-refractivity contribution >= 4 is 0 Å². The molecule has 12 heavy (non-hydrogen) atoms. The Labute approximate surface area is 69.6 Å². The average molecular weight is 171 g/mol. The van der Waals surface area contributed by atoms with Crippen LogP contribution in [-0.4, -0.2) is 23.6 Å². The molecule has 2 N–H and O–H groups in total. The van der Waals surface area contributed by atoms with Crippen LogP contribution in [0.25, 0.3) is 0 Å². The largest absolute Gasteiger partial charge is 0.372 e. The third-order valence-corrected chi connectivity index (χ3v) is 1.43. The van der Waals surface area contributed by atoms with Gasteiger partial charge in [0.2, 0.25) is 0 Å². The minimum absolute atomic E-state index is 0.280. The predicted molar refractivity (Wildman–Crippen MR) is 40.8 cm³/mol. The first-order valence-electron chi connectivity index (χ1n) is 3.48. The Balaban J connectivity index is 2.80. The Morgan fingerprint density at radius 1 is 1.58 bits per heavy atom. The van der Waals surface area contributed by atoms with Crippen molar-refractivity contribution in [2.24, 2.45) is 5.73 Å². The minimum atomic E-state index is -0.467. The van der Waals surface area contributed by atoms with Crippen LogP contribution in [-0.2, 0) is 4.74 Å². The van der Waals surface area contributed by atoms with Gasteiger partial charge in [0.1, 0.15) is 6.10 Å². The Hall–Kier alpha value is -1.07. The predicted octanol–water partition coefficient (Wildman–Crippen LogP) is 0.262. The van der Waals surface area contributed by atoms with E-state index in [-0.39, 0.29) is 12.6 Å². The number of hydrogen-bond acceptors (Lipinski definition) is 4. The maximum absolute atomic E-state index is 12.4. The third-order valence-electron chi connectivity index (χ3n) is 1.43. The molecule has 1 unspecified atom stereocenters. The van der Waals surface area contributed by atoms with Gasteiger partial charge < -0.3 is 10.5 Å². The van der Waals surface area contributed by atoms with Gasteiger partial charge in [0.05, 0.1) is 12.4 Å². The van der Waals surface area contributed by atoms with E-state index < -0.39 is 5.82 Å². The molecule has 5 heteroatoms. The highest BCUT2D eigenvalue weighted by Gasteiger charge is 2.10. The van der Waals surface area contributed by atoms with Crippen LogP contribution in [0.3, 0.4) is 0 Å². The summed E-state index contributed by atoms with van der Waals surface area (Å²) in [5.74, 6) is -0.0629. The van der Waals surface area contributed by atoms with Crippen molar-refractivity contribution in [2.45, 2.75) is 6.10 Å². The smallest absolute Gasteiger partial charge is 0.159 e. The van der Waals surface area contributed by atoms with E-state index in [1.165, 1.54) is 7.11 Å². The molecule has 0 aliphatic carbocycles. The molecule has 1 rings (SSSR count). The lowest BCUT2D eigenvalue weighted by Gasteiger charge is -2.09. The molecular weight excluding hydrogens is 161 g/mol. The van der Waals surface area contributed by atoms with Crippen LogP contribution in [0.1, 0.15) is 11.9 Å². The molecule has 1 aromatic rings. The van der Waals surface area contributed by atoms with Gasteiger partial charge in [0, 0.05) is 13.7 Å². The highest BCUT2D eigenvalue weighted by Crippen LogP contribution is 2.08. The number of hydrogen-bond donors (Lipinski definition) is 1. The lowest BCUT2D eigenvalue weighted by molar-refractivity contribution is 0.103. The van der Waals surface area contributed by atoms with Gasteiger partial charge in [-0.15, -0.1) is 0 Å². The van der Waals surface area contributed by atoms with E-state index in [2.05, 4.69) is 9.97 Å². The van der Waals surface area contributed by atoms with E-state index in [1.807, 2.05) is 0 Å². The Morgan fingerprint density at radius 2 is 2.17 bits per heavy atom. The van der Waals surface area contributed by atoms with Crippen LogP contribution in [0.5, 0.6) is 0 Å². The van der Waals surface area contributed by atoms with Crippen molar-refractivity contribution in [3.8, 4) is 0 Å². The highest BCUT2D eigenvalue weighted by atomic mass is 19.1. The highest BCUT2D eigenvalue weighted by molar-refractivity contribution is 4.95. The monoisotopic (exact) mass is 171 g/mol. The standard InChI is InChI=1S/C7H10FN3O/c1-12-6(2-9)7-10-3-5(8)4-11-7/h3-4,6H,2,9H2,1H3. The molecule has 0 aromatic carbocycles. The van der Waals surface area contributed by atoms with Crippen molar-refractivity contribution < 1.29 is 9.13 Å². The molecule has 0 amide bonds. The molecule has 66 valence electrons. The Bertz CT molecular complexity index is 235. The van der Waals surface area contributed by atoms with Gasteiger partial charge in [-0.05, 0) is 0 Å². The molecule has 0 saturated heterocycles. The summed E-state index contributed by atoms with van der Waals surface area (Å²) in [6.07, 6.45) is 1.82. The average Bonchev–Trinajstić information content (AvgIpc) is 2.10. The van der Waals surface area contributed by atoms with Gasteiger partial charge in [-0.3, -0.25) is 0 Å². The van der Waals surface area contributed by atoms with Crippen LogP contribution in [0.4, 0.5) is 4.39 Å². The quantitative estimate of drug-likeness (QED) is 0.708. The summed E-state index contributed by atoms with van der Waals surface area (Å²) in [7, 11) is 1.50. The fraction of sp³-hybridized carbons (Fsp3) is 0.429. The van der Waals surface area contributed by atoms with E-state index in [0.717, 1.165) is 12.4 Å². The van der Waals surface area contributed by atoms with Crippen LogP contribution >= 0.6 is 0 Å². The van der Waals surface area contributed by atoms with Crippen LogP contribution in [0.15, 0.2) is 12.4 Å². The number of ether oxygens (including phenoxy) is 1. The molecule has 1 atom stereocenters. The summed E-state index contributed by atoms with van der Waals surface area (Å²) in [6, 6.07) is 0. The second-order valence-corrected chi connectivity index (χ2v) is 2.22. The van der Waals surface area contributed by atoms with E-state index >= 15 is 0 Å². The van der Waals surface area contributed by atoms with Gasteiger partial charge in [-0.2, -0.15) is 0 Å². The molecule has 0 fully saturated rings. The van der Waals surface area contributed by atoms with Crippen LogP contribution in [0, 0.1) is 5.82 Å². The minimum Gasteiger partial charge on any atom is -0.372 e. The fourth-order valence-corrected chi connectivity index (χ4v) is 0.796. The van der Waals surface area contributed by atoms with Crippen molar-refractivity contribution in [1.29, 1.82) is 0 Å². The molecule has 0 aliphatic rings. The second-order valence-electron chi connectivity index (χ2n) is 2.22. The number of aromatic nitrogens is 2. The molecular formula is C7H10FN3O. The summed E-state index contributed by atoms with van der Waals surface area (Å²) < 4.78 is 17.3. The normalized spacial score (nSPS) is 12.9. The molecule has 1 aromatic heterocycles. The summed E-state index contributed by atoms with van der Waals surface area (Å²) >= 11 is 0. The summed E-state index contributed by atoms with van der Waals surface area (Å²) in [4.78, 5) is 7.46. The number of halogens is 1. The van der Waals surface area contributed by atoms with E-state index in [0.29, 0.717) is 5.82 Å². The van der Waals surface area contributed by atoms with Crippen LogP contribution < -0.4 is 5.73 Å². The molecule has 0 bridgehead atoms. The summed E-state index contributed by atoms with van der Waals surface area (Å²) in [6.45, 7) is 0.280.